The van der Waals surface area contributed by atoms with Gasteiger partial charge in [-0.05, 0) is 50.2 Å². The van der Waals surface area contributed by atoms with E-state index in [9.17, 15) is 26.3 Å². The highest BCUT2D eigenvalue weighted by Gasteiger charge is 2.35. The van der Waals surface area contributed by atoms with Crippen LogP contribution in [0.1, 0.15) is 36.6 Å². The van der Waals surface area contributed by atoms with E-state index in [1.807, 2.05) is 0 Å². The second kappa shape index (κ2) is 7.71. The second-order valence-corrected chi connectivity index (χ2v) is 7.67. The molecule has 33 heavy (non-hydrogen) atoms. The maximum absolute atomic E-state index is 12.9. The van der Waals surface area contributed by atoms with Gasteiger partial charge in [0.1, 0.15) is 0 Å². The number of nitrogens with zero attached hydrogens (tertiary/aromatic N) is 6. The maximum atomic E-state index is 12.9. The molecular formula is C21H16F6N6. The third-order valence-electron chi connectivity index (χ3n) is 4.98. The molecule has 0 N–H and O–H groups in total. The van der Waals surface area contributed by atoms with E-state index < -0.39 is 29.2 Å². The molecule has 4 aromatic rings. The van der Waals surface area contributed by atoms with E-state index in [4.69, 9.17) is 0 Å². The molecule has 0 aromatic carbocycles. The van der Waals surface area contributed by atoms with Crippen molar-refractivity contribution in [3.05, 3.63) is 83.7 Å². The highest BCUT2D eigenvalue weighted by molar-refractivity contribution is 5.36. The van der Waals surface area contributed by atoms with Gasteiger partial charge in [-0.2, -0.15) is 36.5 Å². The van der Waals surface area contributed by atoms with Crippen molar-refractivity contribution in [1.29, 1.82) is 0 Å². The van der Waals surface area contributed by atoms with Crippen LogP contribution in [-0.2, 0) is 17.8 Å². The summed E-state index contributed by atoms with van der Waals surface area (Å²) >= 11 is 0. The number of alkyl halides is 6. The van der Waals surface area contributed by atoms with Gasteiger partial charge in [0.05, 0.1) is 11.4 Å². The number of hydrogen-bond donors (Lipinski definition) is 0. The summed E-state index contributed by atoms with van der Waals surface area (Å²) in [6.45, 7) is 3.58. The Balaban J connectivity index is 1.68. The zero-order chi connectivity index (χ0) is 24.0. The molecule has 6 nitrogen and oxygen atoms in total. The van der Waals surface area contributed by atoms with E-state index >= 15 is 0 Å². The summed E-state index contributed by atoms with van der Waals surface area (Å²) in [7, 11) is 0. The van der Waals surface area contributed by atoms with Crippen molar-refractivity contribution >= 4 is 0 Å². The summed E-state index contributed by atoms with van der Waals surface area (Å²) in [6.07, 6.45) is -6.83. The normalized spacial score (nSPS) is 12.8. The zero-order valence-electron chi connectivity index (χ0n) is 17.2. The average molecular weight is 466 g/mol. The first-order valence-corrected chi connectivity index (χ1v) is 9.57. The average Bonchev–Trinajstić information content (AvgIpc) is 3.44. The molecule has 4 heterocycles. The third kappa shape index (κ3) is 4.45. The van der Waals surface area contributed by atoms with Gasteiger partial charge in [-0.1, -0.05) is 12.1 Å². The molecule has 0 amide bonds. The van der Waals surface area contributed by atoms with Gasteiger partial charge in [-0.25, -0.2) is 19.3 Å². The van der Waals surface area contributed by atoms with Crippen LogP contribution in [0.2, 0.25) is 0 Å². The number of aromatic nitrogens is 6. The monoisotopic (exact) mass is 466 g/mol. The van der Waals surface area contributed by atoms with Gasteiger partial charge >= 0.3 is 12.4 Å². The van der Waals surface area contributed by atoms with E-state index in [-0.39, 0.29) is 11.6 Å². The van der Waals surface area contributed by atoms with Crippen molar-refractivity contribution in [1.82, 2.24) is 29.5 Å². The summed E-state index contributed by atoms with van der Waals surface area (Å²) < 4.78 is 79.3. The Labute approximate surface area is 183 Å². The molecule has 0 aliphatic rings. The van der Waals surface area contributed by atoms with Crippen LogP contribution in [0.25, 0.3) is 11.6 Å². The van der Waals surface area contributed by atoms with Crippen LogP contribution in [0.4, 0.5) is 26.3 Å². The second-order valence-electron chi connectivity index (χ2n) is 7.67. The Kier molecular flexibility index (Phi) is 5.26. The summed E-state index contributed by atoms with van der Waals surface area (Å²) in [5.41, 5.74) is -1.97. The predicted octanol–water partition coefficient (Wildman–Crippen LogP) is 5.21. The summed E-state index contributed by atoms with van der Waals surface area (Å²) in [6, 6.07) is 11.3. The topological polar surface area (TPSA) is 61.4 Å². The lowest BCUT2D eigenvalue weighted by Crippen LogP contribution is -2.23. The van der Waals surface area contributed by atoms with Crippen molar-refractivity contribution in [2.45, 2.75) is 31.6 Å². The molecule has 172 valence electrons. The largest absolute Gasteiger partial charge is 0.435 e. The van der Waals surface area contributed by atoms with Crippen LogP contribution in [-0.4, -0.2) is 29.5 Å². The molecule has 0 bridgehead atoms. The third-order valence-corrected chi connectivity index (χ3v) is 4.98. The smallest absolute Gasteiger partial charge is 0.233 e. The highest BCUT2D eigenvalue weighted by atomic mass is 19.4. The van der Waals surface area contributed by atoms with Gasteiger partial charge in [0.15, 0.2) is 23.0 Å². The quantitative estimate of drug-likeness (QED) is 0.388. The first kappa shape index (κ1) is 22.5. The fourth-order valence-corrected chi connectivity index (χ4v) is 3.13. The van der Waals surface area contributed by atoms with E-state index in [1.54, 1.807) is 38.1 Å². The number of rotatable bonds is 4. The molecule has 0 spiro atoms. The first-order chi connectivity index (χ1) is 15.4. The summed E-state index contributed by atoms with van der Waals surface area (Å²) in [4.78, 5) is 8.89. The molecule has 0 aliphatic heterocycles. The molecule has 0 radical (unpaired) electrons. The fraction of sp³-hybridized carbons (Fsp3) is 0.238. The minimum atomic E-state index is -4.58. The SMILES string of the molecule is CC(C)(c1cccc(-n2ccc(C(F)(F)F)n2)n1)c1cccc(-n2ccc(C(F)(F)F)n2)n1. The molecule has 0 aliphatic carbocycles. The van der Waals surface area contributed by atoms with Gasteiger partial charge in [-0.15, -0.1) is 0 Å². The lowest BCUT2D eigenvalue weighted by atomic mass is 9.84. The Morgan fingerprint density at radius 2 is 0.970 bits per heavy atom. The van der Waals surface area contributed by atoms with Crippen molar-refractivity contribution in [3.63, 3.8) is 0 Å². The Bertz CT molecular complexity index is 1190. The zero-order valence-corrected chi connectivity index (χ0v) is 17.2. The highest BCUT2D eigenvalue weighted by Crippen LogP contribution is 2.32. The van der Waals surface area contributed by atoms with Crippen molar-refractivity contribution in [3.8, 4) is 11.6 Å². The summed E-state index contributed by atoms with van der Waals surface area (Å²) in [5.74, 6) is 0.350. The van der Waals surface area contributed by atoms with Crippen molar-refractivity contribution < 1.29 is 26.3 Å². The Morgan fingerprint density at radius 1 is 0.576 bits per heavy atom. The minimum absolute atomic E-state index is 0.175. The molecule has 0 saturated carbocycles. The van der Waals surface area contributed by atoms with Gasteiger partial charge < -0.3 is 0 Å². The molecule has 0 atom stereocenters. The van der Waals surface area contributed by atoms with Crippen LogP contribution >= 0.6 is 0 Å². The van der Waals surface area contributed by atoms with Gasteiger partial charge in [-0.3, -0.25) is 0 Å². The number of hydrogen-bond acceptors (Lipinski definition) is 4. The molecule has 4 aromatic heterocycles. The maximum Gasteiger partial charge on any atom is 0.435 e. The van der Waals surface area contributed by atoms with E-state index in [2.05, 4.69) is 20.2 Å². The van der Waals surface area contributed by atoms with Gasteiger partial charge in [0, 0.05) is 17.8 Å². The number of halogens is 6. The lowest BCUT2D eigenvalue weighted by molar-refractivity contribution is -0.142. The Hall–Kier alpha value is -3.70. The van der Waals surface area contributed by atoms with E-state index in [0.717, 1.165) is 33.9 Å². The Morgan fingerprint density at radius 3 is 1.30 bits per heavy atom. The van der Waals surface area contributed by atoms with Crippen LogP contribution in [0.15, 0.2) is 60.9 Å². The molecular weight excluding hydrogens is 450 g/mol. The van der Waals surface area contributed by atoms with Crippen LogP contribution in [0.3, 0.4) is 0 Å². The number of pyridine rings is 2. The molecule has 4 rings (SSSR count). The minimum Gasteiger partial charge on any atom is -0.233 e. The van der Waals surface area contributed by atoms with Crippen LogP contribution in [0, 0.1) is 0 Å². The molecule has 0 unspecified atom stereocenters. The van der Waals surface area contributed by atoms with Gasteiger partial charge in [0.2, 0.25) is 0 Å². The van der Waals surface area contributed by atoms with E-state index in [0.29, 0.717) is 11.4 Å². The lowest BCUT2D eigenvalue weighted by Gasteiger charge is -2.24. The first-order valence-electron chi connectivity index (χ1n) is 9.57. The predicted molar refractivity (Wildman–Crippen MR) is 105 cm³/mol. The van der Waals surface area contributed by atoms with Gasteiger partial charge in [0.25, 0.3) is 0 Å². The standard InChI is InChI=1S/C21H16F6N6/c1-19(2,13-5-3-7-17(28-13)32-11-9-15(30-32)20(22,23)24)14-6-4-8-18(29-14)33-12-10-16(31-33)21(25,26)27/h3-12H,1-2H3. The van der Waals surface area contributed by atoms with Crippen LogP contribution < -0.4 is 0 Å². The molecule has 0 fully saturated rings. The van der Waals surface area contributed by atoms with Crippen LogP contribution in [0.5, 0.6) is 0 Å². The summed E-state index contributed by atoms with van der Waals surface area (Å²) in [5, 5.41) is 7.07. The molecule has 12 heteroatoms. The van der Waals surface area contributed by atoms with E-state index in [1.165, 1.54) is 12.1 Å². The fourth-order valence-electron chi connectivity index (χ4n) is 3.13. The van der Waals surface area contributed by atoms with Crippen molar-refractivity contribution in [2.24, 2.45) is 0 Å². The van der Waals surface area contributed by atoms with Crippen molar-refractivity contribution in [2.75, 3.05) is 0 Å². The molecule has 0 saturated heterocycles.